The number of carbonyl (C=O) groups excluding carboxylic acids is 1. The Hall–Kier alpha value is -1.69. The molecule has 0 aromatic carbocycles. The monoisotopic (exact) mass is 294 g/mol. The predicted molar refractivity (Wildman–Crippen MR) is 77.4 cm³/mol. The third-order valence-corrected chi connectivity index (χ3v) is 4.52. The molecule has 2 heterocycles. The second-order valence-electron chi connectivity index (χ2n) is 5.32. The molecule has 5 nitrogen and oxygen atoms in total. The molecule has 2 rings (SSSR count). The second-order valence-corrected chi connectivity index (χ2v) is 6.38. The van der Waals surface area contributed by atoms with Crippen molar-refractivity contribution in [2.24, 2.45) is 5.41 Å². The van der Waals surface area contributed by atoms with Crippen LogP contribution in [0.2, 0.25) is 0 Å². The second kappa shape index (κ2) is 5.75. The molecule has 20 heavy (non-hydrogen) atoms. The number of hydrogen-bond donors (Lipinski definition) is 1. The predicted octanol–water partition coefficient (Wildman–Crippen LogP) is 2.18. The summed E-state index contributed by atoms with van der Waals surface area (Å²) in [7, 11) is 0. The number of aromatic nitrogens is 1. The summed E-state index contributed by atoms with van der Waals surface area (Å²) in [5, 5.41) is 12.0. The number of carbonyl (C=O) groups is 2. The molecule has 0 aliphatic carbocycles. The van der Waals surface area contributed by atoms with E-state index in [1.807, 2.05) is 12.3 Å². The van der Waals surface area contributed by atoms with E-state index >= 15 is 0 Å². The van der Waals surface area contributed by atoms with Gasteiger partial charge in [0.1, 0.15) is 0 Å². The molecule has 1 aromatic rings. The van der Waals surface area contributed by atoms with E-state index < -0.39 is 11.4 Å². The number of amides is 1. The SMILES string of the molecule is Cc1nc(C=CC(=O)N2CCC(C)(C(=O)O)CC2)cs1. The van der Waals surface area contributed by atoms with Gasteiger partial charge in [-0.05, 0) is 32.8 Å². The minimum Gasteiger partial charge on any atom is -0.481 e. The van der Waals surface area contributed by atoms with Gasteiger partial charge in [0.2, 0.25) is 5.91 Å². The maximum Gasteiger partial charge on any atom is 0.309 e. The molecule has 0 radical (unpaired) electrons. The van der Waals surface area contributed by atoms with Gasteiger partial charge >= 0.3 is 5.97 Å². The van der Waals surface area contributed by atoms with Crippen molar-refractivity contribution in [1.82, 2.24) is 9.88 Å². The van der Waals surface area contributed by atoms with Crippen LogP contribution in [0.15, 0.2) is 11.5 Å². The van der Waals surface area contributed by atoms with Gasteiger partial charge in [0, 0.05) is 24.5 Å². The lowest BCUT2D eigenvalue weighted by molar-refractivity contribution is -0.152. The van der Waals surface area contributed by atoms with Gasteiger partial charge in [0.15, 0.2) is 0 Å². The zero-order chi connectivity index (χ0) is 14.8. The first-order chi connectivity index (χ1) is 9.40. The highest BCUT2D eigenvalue weighted by Gasteiger charge is 2.37. The topological polar surface area (TPSA) is 70.5 Å². The van der Waals surface area contributed by atoms with Crippen LogP contribution in [0.1, 0.15) is 30.5 Å². The maximum atomic E-state index is 12.0. The number of carboxylic acids is 1. The largest absolute Gasteiger partial charge is 0.481 e. The zero-order valence-electron chi connectivity index (χ0n) is 11.6. The Labute approximate surface area is 121 Å². The van der Waals surface area contributed by atoms with Crippen LogP contribution < -0.4 is 0 Å². The molecule has 0 atom stereocenters. The Morgan fingerprint density at radius 3 is 2.60 bits per heavy atom. The average molecular weight is 294 g/mol. The highest BCUT2D eigenvalue weighted by atomic mass is 32.1. The number of carboxylic acid groups (broad SMARTS) is 1. The summed E-state index contributed by atoms with van der Waals surface area (Å²) in [5.41, 5.74) is 0.0835. The van der Waals surface area contributed by atoms with Crippen LogP contribution in [0.5, 0.6) is 0 Å². The molecule has 1 aliphatic rings. The lowest BCUT2D eigenvalue weighted by Gasteiger charge is -2.35. The van der Waals surface area contributed by atoms with Crippen LogP contribution in [0, 0.1) is 12.3 Å². The average Bonchev–Trinajstić information content (AvgIpc) is 2.82. The molecule has 1 aliphatic heterocycles. The van der Waals surface area contributed by atoms with Gasteiger partial charge in [-0.3, -0.25) is 9.59 Å². The summed E-state index contributed by atoms with van der Waals surface area (Å²) >= 11 is 1.54. The first kappa shape index (κ1) is 14.7. The van der Waals surface area contributed by atoms with Crippen LogP contribution >= 0.6 is 11.3 Å². The van der Waals surface area contributed by atoms with Crippen LogP contribution in [0.3, 0.4) is 0 Å². The minimum absolute atomic E-state index is 0.0805. The van der Waals surface area contributed by atoms with E-state index in [1.165, 1.54) is 6.08 Å². The molecule has 0 saturated carbocycles. The van der Waals surface area contributed by atoms with Gasteiger partial charge in [0.25, 0.3) is 0 Å². The molecule has 1 N–H and O–H groups in total. The number of aryl methyl sites for hydroxylation is 1. The first-order valence-electron chi connectivity index (χ1n) is 6.53. The smallest absolute Gasteiger partial charge is 0.309 e. The molecule has 1 fully saturated rings. The van der Waals surface area contributed by atoms with Crippen LogP contribution in [0.4, 0.5) is 0 Å². The number of rotatable bonds is 3. The van der Waals surface area contributed by atoms with Gasteiger partial charge in [0.05, 0.1) is 16.1 Å². The number of piperidine rings is 1. The summed E-state index contributed by atoms with van der Waals surface area (Å²) in [6, 6.07) is 0. The Morgan fingerprint density at radius 2 is 2.10 bits per heavy atom. The lowest BCUT2D eigenvalue weighted by atomic mass is 9.80. The number of likely N-dealkylation sites (tertiary alicyclic amines) is 1. The fraction of sp³-hybridized carbons (Fsp3) is 0.500. The van der Waals surface area contributed by atoms with Gasteiger partial charge in [-0.15, -0.1) is 11.3 Å². The Balaban J connectivity index is 1.92. The quantitative estimate of drug-likeness (QED) is 0.867. The van der Waals surface area contributed by atoms with Crippen molar-refractivity contribution in [1.29, 1.82) is 0 Å². The van der Waals surface area contributed by atoms with Crippen molar-refractivity contribution >= 4 is 29.3 Å². The fourth-order valence-corrected chi connectivity index (χ4v) is 2.73. The highest BCUT2D eigenvalue weighted by molar-refractivity contribution is 7.09. The summed E-state index contributed by atoms with van der Waals surface area (Å²) < 4.78 is 0. The van der Waals surface area contributed by atoms with Gasteiger partial charge in [-0.25, -0.2) is 4.98 Å². The van der Waals surface area contributed by atoms with Crippen molar-refractivity contribution < 1.29 is 14.7 Å². The Morgan fingerprint density at radius 1 is 1.45 bits per heavy atom. The van der Waals surface area contributed by atoms with E-state index in [1.54, 1.807) is 29.2 Å². The molecular weight excluding hydrogens is 276 g/mol. The standard InChI is InChI=1S/C14H18N2O3S/c1-10-15-11(9-20-10)3-4-12(17)16-7-5-14(2,6-8-16)13(18)19/h3-4,9H,5-8H2,1-2H3,(H,18,19). The minimum atomic E-state index is -0.780. The molecule has 0 unspecified atom stereocenters. The summed E-state index contributed by atoms with van der Waals surface area (Å²) in [4.78, 5) is 29.1. The fourth-order valence-electron chi connectivity index (χ4n) is 2.15. The molecule has 1 saturated heterocycles. The Kier molecular flexibility index (Phi) is 4.23. The highest BCUT2D eigenvalue weighted by Crippen LogP contribution is 2.31. The van der Waals surface area contributed by atoms with Gasteiger partial charge in [-0.1, -0.05) is 0 Å². The van der Waals surface area contributed by atoms with E-state index in [4.69, 9.17) is 5.11 Å². The molecular formula is C14H18N2O3S. The molecule has 1 aromatic heterocycles. The zero-order valence-corrected chi connectivity index (χ0v) is 12.4. The van der Waals surface area contributed by atoms with E-state index in [9.17, 15) is 9.59 Å². The van der Waals surface area contributed by atoms with Gasteiger partial charge < -0.3 is 10.0 Å². The van der Waals surface area contributed by atoms with E-state index in [2.05, 4.69) is 4.98 Å². The number of hydrogen-bond acceptors (Lipinski definition) is 4. The number of thiazole rings is 1. The summed E-state index contributed by atoms with van der Waals surface area (Å²) in [6.07, 6.45) is 4.21. The number of nitrogens with zero attached hydrogens (tertiary/aromatic N) is 2. The van der Waals surface area contributed by atoms with Crippen molar-refractivity contribution in [3.8, 4) is 0 Å². The maximum absolute atomic E-state index is 12.0. The van der Waals surface area contributed by atoms with E-state index in [-0.39, 0.29) is 5.91 Å². The van der Waals surface area contributed by atoms with Crippen LogP contribution in [0.25, 0.3) is 6.08 Å². The lowest BCUT2D eigenvalue weighted by Crippen LogP contribution is -2.44. The molecule has 1 amide bonds. The third kappa shape index (κ3) is 3.25. The van der Waals surface area contributed by atoms with Crippen molar-refractivity contribution in [2.75, 3.05) is 13.1 Å². The van der Waals surface area contributed by atoms with Crippen molar-refractivity contribution in [3.63, 3.8) is 0 Å². The van der Waals surface area contributed by atoms with E-state index in [0.717, 1.165) is 10.7 Å². The molecule has 0 bridgehead atoms. The van der Waals surface area contributed by atoms with Gasteiger partial charge in [-0.2, -0.15) is 0 Å². The molecule has 6 heteroatoms. The van der Waals surface area contributed by atoms with Crippen molar-refractivity contribution in [3.05, 3.63) is 22.2 Å². The molecule has 0 spiro atoms. The van der Waals surface area contributed by atoms with E-state index in [0.29, 0.717) is 25.9 Å². The third-order valence-electron chi connectivity index (χ3n) is 3.73. The molecule has 108 valence electrons. The van der Waals surface area contributed by atoms with Crippen LogP contribution in [-0.4, -0.2) is 40.0 Å². The first-order valence-corrected chi connectivity index (χ1v) is 7.41. The summed E-state index contributed by atoms with van der Waals surface area (Å²) in [5.74, 6) is -0.860. The van der Waals surface area contributed by atoms with Crippen molar-refractivity contribution in [2.45, 2.75) is 26.7 Å². The normalized spacial score (nSPS) is 18.4. The van der Waals surface area contributed by atoms with Crippen LogP contribution in [-0.2, 0) is 9.59 Å². The summed E-state index contributed by atoms with van der Waals surface area (Å²) in [6.45, 7) is 4.64. The number of aliphatic carboxylic acids is 1. The Bertz CT molecular complexity index is 542.